The van der Waals surface area contributed by atoms with Crippen molar-refractivity contribution in [3.63, 3.8) is 0 Å². The van der Waals surface area contributed by atoms with E-state index in [-0.39, 0.29) is 12.4 Å². The fraction of sp³-hybridized carbons (Fsp3) is 0.200. The molecule has 1 amide bonds. The highest BCUT2D eigenvalue weighted by Gasteiger charge is 2.26. The predicted molar refractivity (Wildman–Crippen MR) is 94.6 cm³/mol. The van der Waals surface area contributed by atoms with Crippen molar-refractivity contribution < 1.29 is 18.7 Å². The molecule has 0 atom stereocenters. The monoisotopic (exact) mass is 352 g/mol. The summed E-state index contributed by atoms with van der Waals surface area (Å²) in [6.07, 6.45) is -0.491. The molecule has 0 unspecified atom stereocenters. The van der Waals surface area contributed by atoms with Gasteiger partial charge in [-0.05, 0) is 42.8 Å². The van der Waals surface area contributed by atoms with E-state index >= 15 is 0 Å². The van der Waals surface area contributed by atoms with Gasteiger partial charge in [-0.1, -0.05) is 12.1 Å². The summed E-state index contributed by atoms with van der Waals surface area (Å²) in [6.45, 7) is 3.12. The number of carbonyl (C=O) groups excluding carboxylic acids is 1. The Kier molecular flexibility index (Phi) is 4.16. The molecule has 0 spiro atoms. The molecule has 26 heavy (non-hydrogen) atoms. The van der Waals surface area contributed by atoms with Gasteiger partial charge in [0.2, 0.25) is 5.88 Å². The number of aromatic nitrogens is 1. The molecule has 4 rings (SSSR count). The molecule has 0 bridgehead atoms. The van der Waals surface area contributed by atoms with Crippen LogP contribution in [0, 0.1) is 5.82 Å². The minimum atomic E-state index is -0.491. The smallest absolute Gasteiger partial charge is 0.417 e. The highest BCUT2D eigenvalue weighted by molar-refractivity contribution is 5.83. The summed E-state index contributed by atoms with van der Waals surface area (Å²) in [5.74, 6) is 0.708. The van der Waals surface area contributed by atoms with Crippen molar-refractivity contribution in [2.75, 3.05) is 6.61 Å². The first kappa shape index (κ1) is 16.3. The Hall–Kier alpha value is -3.15. The van der Waals surface area contributed by atoms with E-state index in [1.54, 1.807) is 12.1 Å². The second-order valence-corrected chi connectivity index (χ2v) is 6.09. The summed E-state index contributed by atoms with van der Waals surface area (Å²) in [4.78, 5) is 18.3. The Morgan fingerprint density at radius 1 is 1.23 bits per heavy atom. The van der Waals surface area contributed by atoms with Crippen molar-refractivity contribution in [3.05, 3.63) is 65.5 Å². The second kappa shape index (κ2) is 6.63. The zero-order valence-electron chi connectivity index (χ0n) is 14.2. The van der Waals surface area contributed by atoms with Gasteiger partial charge in [0.1, 0.15) is 11.6 Å². The van der Waals surface area contributed by atoms with Crippen LogP contribution in [0.1, 0.15) is 18.1 Å². The maximum atomic E-state index is 13.4. The Balaban J connectivity index is 1.62. The van der Waals surface area contributed by atoms with Gasteiger partial charge in [-0.25, -0.2) is 14.2 Å². The summed E-state index contributed by atoms with van der Waals surface area (Å²) in [5.41, 5.74) is 2.24. The molecule has 0 aliphatic carbocycles. The molecule has 0 saturated carbocycles. The third-order valence-corrected chi connectivity index (χ3v) is 4.21. The zero-order chi connectivity index (χ0) is 18.1. The van der Waals surface area contributed by atoms with Crippen LogP contribution in [-0.4, -0.2) is 22.6 Å². The largest absolute Gasteiger partial charge is 0.494 e. The summed E-state index contributed by atoms with van der Waals surface area (Å²) in [6, 6.07) is 13.8. The van der Waals surface area contributed by atoms with Crippen LogP contribution in [0.25, 0.3) is 10.9 Å². The van der Waals surface area contributed by atoms with Gasteiger partial charge in [-0.15, -0.1) is 0 Å². The number of carbonyl (C=O) groups is 1. The molecule has 2 heterocycles. The molecular weight excluding hydrogens is 335 g/mol. The highest BCUT2D eigenvalue weighted by Crippen LogP contribution is 2.30. The molecular formula is C20H17FN2O3. The molecule has 1 aliphatic rings. The highest BCUT2D eigenvalue weighted by atomic mass is 19.1. The van der Waals surface area contributed by atoms with E-state index in [0.717, 1.165) is 16.7 Å². The first-order valence-electron chi connectivity index (χ1n) is 8.40. The molecule has 5 nitrogen and oxygen atoms in total. The minimum Gasteiger partial charge on any atom is -0.494 e. The van der Waals surface area contributed by atoms with Crippen LogP contribution in [0.2, 0.25) is 0 Å². The van der Waals surface area contributed by atoms with Gasteiger partial charge in [-0.2, -0.15) is 0 Å². The number of rotatable bonds is 4. The lowest BCUT2D eigenvalue weighted by molar-refractivity contribution is 0.133. The van der Waals surface area contributed by atoms with Crippen molar-refractivity contribution in [1.29, 1.82) is 0 Å². The van der Waals surface area contributed by atoms with Gasteiger partial charge < -0.3 is 9.47 Å². The molecule has 132 valence electrons. The van der Waals surface area contributed by atoms with Gasteiger partial charge in [0.15, 0.2) is 0 Å². The minimum absolute atomic E-state index is 0.275. The predicted octanol–water partition coefficient (Wildman–Crippen LogP) is 4.29. The first-order chi connectivity index (χ1) is 12.6. The van der Waals surface area contributed by atoms with Crippen LogP contribution < -0.4 is 9.47 Å². The number of nitrogens with zero attached hydrogens (tertiary/aromatic N) is 2. The summed E-state index contributed by atoms with van der Waals surface area (Å²) in [7, 11) is 0. The Morgan fingerprint density at radius 2 is 2.12 bits per heavy atom. The van der Waals surface area contributed by atoms with Crippen LogP contribution >= 0.6 is 0 Å². The van der Waals surface area contributed by atoms with Crippen LogP contribution in [0.4, 0.5) is 9.18 Å². The lowest BCUT2D eigenvalue weighted by atomic mass is 10.1. The third-order valence-electron chi connectivity index (χ3n) is 4.21. The molecule has 1 aromatic heterocycles. The molecule has 1 aliphatic heterocycles. The van der Waals surface area contributed by atoms with Crippen LogP contribution in [0.15, 0.2) is 48.5 Å². The second-order valence-electron chi connectivity index (χ2n) is 6.09. The normalized spacial score (nSPS) is 13.5. The van der Waals surface area contributed by atoms with Crippen molar-refractivity contribution in [3.8, 4) is 11.6 Å². The number of ether oxygens (including phenoxy) is 2. The summed E-state index contributed by atoms with van der Waals surface area (Å²) < 4.78 is 24.2. The zero-order valence-corrected chi connectivity index (χ0v) is 14.2. The van der Waals surface area contributed by atoms with Gasteiger partial charge in [0.25, 0.3) is 0 Å². The van der Waals surface area contributed by atoms with E-state index in [9.17, 15) is 9.18 Å². The van der Waals surface area contributed by atoms with Crippen LogP contribution in [0.5, 0.6) is 11.6 Å². The van der Waals surface area contributed by atoms with E-state index in [1.165, 1.54) is 17.0 Å². The van der Waals surface area contributed by atoms with E-state index in [1.807, 2.05) is 31.2 Å². The van der Waals surface area contributed by atoms with Crippen LogP contribution in [0.3, 0.4) is 0 Å². The topological polar surface area (TPSA) is 51.7 Å². The molecule has 0 saturated heterocycles. The number of hydrogen-bond acceptors (Lipinski definition) is 4. The van der Waals surface area contributed by atoms with Crippen molar-refractivity contribution in [2.45, 2.75) is 20.0 Å². The molecule has 6 heteroatoms. The Bertz CT molecular complexity index is 990. The Labute approximate surface area is 150 Å². The number of amides is 1. The number of halogens is 1. The standard InChI is InChI=1S/C20H17FN2O3/c1-2-25-17-7-6-14-9-15-12-23(11-13-4-3-5-16(21)8-13)20(24)26-19(15)22-18(14)10-17/h3-10H,2,11-12H2,1H3. The third kappa shape index (κ3) is 3.18. The summed E-state index contributed by atoms with van der Waals surface area (Å²) >= 11 is 0. The molecule has 0 N–H and O–H groups in total. The number of pyridine rings is 1. The van der Waals surface area contributed by atoms with Crippen molar-refractivity contribution >= 4 is 17.0 Å². The molecule has 0 fully saturated rings. The SMILES string of the molecule is CCOc1ccc2cc3c(nc2c1)OC(=O)N(Cc1cccc(F)c1)C3. The maximum Gasteiger partial charge on any atom is 0.417 e. The maximum absolute atomic E-state index is 13.4. The van der Waals surface area contributed by atoms with Gasteiger partial charge in [0, 0.05) is 23.6 Å². The average Bonchev–Trinajstić information content (AvgIpc) is 2.61. The lowest BCUT2D eigenvalue weighted by Crippen LogP contribution is -2.36. The molecule has 3 aromatic rings. The van der Waals surface area contributed by atoms with Gasteiger partial charge in [-0.3, -0.25) is 4.90 Å². The van der Waals surface area contributed by atoms with Gasteiger partial charge >= 0.3 is 6.09 Å². The van der Waals surface area contributed by atoms with E-state index in [2.05, 4.69) is 4.98 Å². The van der Waals surface area contributed by atoms with Crippen molar-refractivity contribution in [2.24, 2.45) is 0 Å². The van der Waals surface area contributed by atoms with E-state index in [4.69, 9.17) is 9.47 Å². The lowest BCUT2D eigenvalue weighted by Gasteiger charge is -2.27. The summed E-state index contributed by atoms with van der Waals surface area (Å²) in [5, 5.41) is 0.941. The van der Waals surface area contributed by atoms with E-state index in [0.29, 0.717) is 30.1 Å². The first-order valence-corrected chi connectivity index (χ1v) is 8.40. The van der Waals surface area contributed by atoms with Gasteiger partial charge in [0.05, 0.1) is 18.7 Å². The molecule has 2 aromatic carbocycles. The quantitative estimate of drug-likeness (QED) is 0.703. The Morgan fingerprint density at radius 3 is 2.92 bits per heavy atom. The van der Waals surface area contributed by atoms with Crippen LogP contribution in [-0.2, 0) is 13.1 Å². The average molecular weight is 352 g/mol. The fourth-order valence-corrected chi connectivity index (χ4v) is 3.02. The number of fused-ring (bicyclic) bond motifs is 2. The number of benzene rings is 2. The van der Waals surface area contributed by atoms with Crippen molar-refractivity contribution in [1.82, 2.24) is 9.88 Å². The fourth-order valence-electron chi connectivity index (χ4n) is 3.02. The number of hydrogen-bond donors (Lipinski definition) is 0. The molecule has 0 radical (unpaired) electrons. The van der Waals surface area contributed by atoms with E-state index < -0.39 is 6.09 Å².